The summed E-state index contributed by atoms with van der Waals surface area (Å²) in [6.07, 6.45) is -3.84. The number of carbonyl (C=O) groups is 1. The number of carbonyl (C=O) groups excluding carboxylic acids is 1. The van der Waals surface area contributed by atoms with E-state index in [2.05, 4.69) is 10.3 Å². The van der Waals surface area contributed by atoms with Gasteiger partial charge in [-0.2, -0.15) is 4.98 Å². The maximum atomic E-state index is 13.7. The average molecular weight is 650 g/mol. The fourth-order valence-electron chi connectivity index (χ4n) is 6.32. The van der Waals surface area contributed by atoms with Crippen LogP contribution in [0.5, 0.6) is 11.5 Å². The Balaban J connectivity index is 1.42. The van der Waals surface area contributed by atoms with E-state index >= 15 is 0 Å². The van der Waals surface area contributed by atoms with E-state index in [0.29, 0.717) is 17.1 Å². The van der Waals surface area contributed by atoms with Gasteiger partial charge in [-0.05, 0) is 41.0 Å². The molecule has 0 radical (unpaired) electrons. The van der Waals surface area contributed by atoms with E-state index in [1.807, 2.05) is 84.9 Å². The Bertz CT molecular complexity index is 1910. The maximum Gasteiger partial charge on any atom is 0.351 e. The van der Waals surface area contributed by atoms with Gasteiger partial charge in [0.15, 0.2) is 6.23 Å². The highest BCUT2D eigenvalue weighted by Crippen LogP contribution is 2.49. The molecule has 1 amide bonds. The van der Waals surface area contributed by atoms with Crippen molar-refractivity contribution in [3.05, 3.63) is 154 Å². The molecule has 1 aliphatic heterocycles. The largest absolute Gasteiger partial charge is 0.497 e. The zero-order chi connectivity index (χ0) is 33.8. The van der Waals surface area contributed by atoms with Gasteiger partial charge in [0.05, 0.1) is 26.2 Å². The standard InChI is InChI=1S/C37H35N3O8/c1-46-27-16-17-28(29(21-27)47-2)37(24-11-5-3-6-12-24,25-13-7-4-8-14-25)26-15-9-10-23(20-26)34(44)38-31-18-19-40(36(45)39-31)35-33(43)32(42)30(22-41)48-35/h3-21,30,32-33,35,41-43H,22H2,1-2H3,(H,38,39,44,45)/t30-,32-,33-,35?/m1/s1. The lowest BCUT2D eigenvalue weighted by atomic mass is 9.64. The summed E-state index contributed by atoms with van der Waals surface area (Å²) in [4.78, 5) is 30.6. The number of ether oxygens (including phenoxy) is 3. The molecule has 0 bridgehead atoms. The first kappa shape index (κ1) is 32.6. The van der Waals surface area contributed by atoms with Gasteiger partial charge >= 0.3 is 5.69 Å². The van der Waals surface area contributed by atoms with Crippen molar-refractivity contribution in [2.24, 2.45) is 0 Å². The fraction of sp³-hybridized carbons (Fsp3) is 0.216. The molecule has 246 valence electrons. The minimum atomic E-state index is -1.45. The number of rotatable bonds is 10. The van der Waals surface area contributed by atoms with Crippen molar-refractivity contribution in [1.29, 1.82) is 0 Å². The molecule has 0 spiro atoms. The Kier molecular flexibility index (Phi) is 9.37. The van der Waals surface area contributed by atoms with Crippen molar-refractivity contribution in [2.75, 3.05) is 26.1 Å². The molecule has 0 aliphatic carbocycles. The van der Waals surface area contributed by atoms with Crippen LogP contribution in [-0.2, 0) is 10.2 Å². The first-order valence-electron chi connectivity index (χ1n) is 15.3. The van der Waals surface area contributed by atoms with Crippen LogP contribution in [0, 0.1) is 0 Å². The van der Waals surface area contributed by atoms with Crippen molar-refractivity contribution in [2.45, 2.75) is 30.0 Å². The molecule has 11 heteroatoms. The molecular weight excluding hydrogens is 614 g/mol. The number of amides is 1. The maximum absolute atomic E-state index is 13.7. The third-order valence-corrected chi connectivity index (χ3v) is 8.65. The number of hydrogen-bond acceptors (Lipinski definition) is 9. The molecule has 1 aliphatic rings. The highest BCUT2D eigenvalue weighted by Gasteiger charge is 2.44. The fourth-order valence-corrected chi connectivity index (χ4v) is 6.32. The molecule has 6 rings (SSSR count). The molecule has 2 heterocycles. The molecule has 1 fully saturated rings. The third-order valence-electron chi connectivity index (χ3n) is 8.65. The summed E-state index contributed by atoms with van der Waals surface area (Å²) in [6.45, 7) is -0.537. The Morgan fingerprint density at radius 3 is 2.10 bits per heavy atom. The first-order chi connectivity index (χ1) is 23.3. The number of hydrogen-bond donors (Lipinski definition) is 4. The molecule has 4 atom stereocenters. The lowest BCUT2D eigenvalue weighted by Gasteiger charge is -2.38. The average Bonchev–Trinajstić information content (AvgIpc) is 3.42. The third kappa shape index (κ3) is 5.84. The number of methoxy groups -OCH3 is 2. The molecule has 5 aromatic rings. The van der Waals surface area contributed by atoms with Crippen molar-refractivity contribution in [3.63, 3.8) is 0 Å². The number of aromatic nitrogens is 2. The van der Waals surface area contributed by atoms with Gasteiger partial charge in [-0.25, -0.2) is 4.79 Å². The molecule has 0 saturated carbocycles. The Morgan fingerprint density at radius 2 is 1.52 bits per heavy atom. The lowest BCUT2D eigenvalue weighted by Crippen LogP contribution is -2.36. The van der Waals surface area contributed by atoms with E-state index in [1.165, 1.54) is 12.3 Å². The predicted octanol–water partition coefficient (Wildman–Crippen LogP) is 3.51. The van der Waals surface area contributed by atoms with Gasteiger partial charge in [0.25, 0.3) is 5.91 Å². The molecular formula is C37H35N3O8. The molecule has 1 unspecified atom stereocenters. The molecule has 1 aromatic heterocycles. The number of benzene rings is 4. The highest BCUT2D eigenvalue weighted by atomic mass is 16.6. The number of nitrogens with one attached hydrogen (secondary N) is 1. The van der Waals surface area contributed by atoms with Gasteiger partial charge in [0, 0.05) is 23.4 Å². The van der Waals surface area contributed by atoms with Crippen LogP contribution in [0.1, 0.15) is 38.8 Å². The topological polar surface area (TPSA) is 152 Å². The van der Waals surface area contributed by atoms with Crippen molar-refractivity contribution < 1.29 is 34.3 Å². The van der Waals surface area contributed by atoms with E-state index in [0.717, 1.165) is 26.8 Å². The van der Waals surface area contributed by atoms with Gasteiger partial charge in [0.1, 0.15) is 35.6 Å². The number of nitrogens with zero attached hydrogens (tertiary/aromatic N) is 2. The van der Waals surface area contributed by atoms with E-state index < -0.39 is 48.2 Å². The normalized spacial score (nSPS) is 19.1. The summed E-state index contributed by atoms with van der Waals surface area (Å²) in [5.41, 5.74) is 2.04. The van der Waals surface area contributed by atoms with E-state index in [9.17, 15) is 24.9 Å². The first-order valence-corrected chi connectivity index (χ1v) is 15.3. The number of aliphatic hydroxyl groups excluding tert-OH is 3. The SMILES string of the molecule is COc1ccc(C(c2ccccc2)(c2ccccc2)c2cccc(C(=O)Nc3ccn(C4O[C@H](CO)[C@@H](O)[C@H]4O)c(=O)n3)c2)c(OC)c1. The smallest absolute Gasteiger partial charge is 0.351 e. The zero-order valence-corrected chi connectivity index (χ0v) is 26.3. The molecule has 4 N–H and O–H groups in total. The van der Waals surface area contributed by atoms with E-state index in [1.54, 1.807) is 32.4 Å². The summed E-state index contributed by atoms with van der Waals surface area (Å²) < 4.78 is 17.9. The number of anilines is 1. The van der Waals surface area contributed by atoms with Crippen LogP contribution in [0.4, 0.5) is 5.82 Å². The van der Waals surface area contributed by atoms with Gasteiger partial charge < -0.3 is 34.8 Å². The van der Waals surface area contributed by atoms with Crippen LogP contribution in [0.25, 0.3) is 0 Å². The van der Waals surface area contributed by atoms with Crippen molar-refractivity contribution in [3.8, 4) is 11.5 Å². The summed E-state index contributed by atoms with van der Waals surface area (Å²) in [5.74, 6) is 0.696. The van der Waals surface area contributed by atoms with Crippen LogP contribution < -0.4 is 20.5 Å². The van der Waals surface area contributed by atoms with E-state index in [4.69, 9.17) is 14.2 Å². The minimum Gasteiger partial charge on any atom is -0.497 e. The van der Waals surface area contributed by atoms with Gasteiger partial charge in [0.2, 0.25) is 0 Å². The summed E-state index contributed by atoms with van der Waals surface area (Å²) in [7, 11) is 3.20. The Labute approximate surface area is 276 Å². The molecule has 11 nitrogen and oxygen atoms in total. The number of aliphatic hydroxyl groups is 3. The highest BCUT2D eigenvalue weighted by molar-refractivity contribution is 6.04. The van der Waals surface area contributed by atoms with Crippen LogP contribution in [-0.4, -0.2) is 69.9 Å². The predicted molar refractivity (Wildman–Crippen MR) is 177 cm³/mol. The Hall–Kier alpha value is -5.33. The van der Waals surface area contributed by atoms with Gasteiger partial charge in [-0.3, -0.25) is 9.36 Å². The van der Waals surface area contributed by atoms with Crippen LogP contribution in [0.2, 0.25) is 0 Å². The molecule has 4 aromatic carbocycles. The van der Waals surface area contributed by atoms with Crippen molar-refractivity contribution >= 4 is 11.7 Å². The summed E-state index contributed by atoms with van der Waals surface area (Å²) in [5, 5.41) is 32.5. The minimum absolute atomic E-state index is 0.0207. The monoisotopic (exact) mass is 649 g/mol. The quantitative estimate of drug-likeness (QED) is 0.167. The molecule has 48 heavy (non-hydrogen) atoms. The second kappa shape index (κ2) is 13.8. The van der Waals surface area contributed by atoms with Crippen molar-refractivity contribution in [1.82, 2.24) is 9.55 Å². The zero-order valence-electron chi connectivity index (χ0n) is 26.3. The molecule has 1 saturated heterocycles. The second-order valence-corrected chi connectivity index (χ2v) is 11.3. The lowest BCUT2D eigenvalue weighted by molar-refractivity contribution is -0.0549. The Morgan fingerprint density at radius 1 is 0.854 bits per heavy atom. The van der Waals surface area contributed by atoms with Crippen LogP contribution in [0.15, 0.2) is 120 Å². The van der Waals surface area contributed by atoms with Crippen LogP contribution in [0.3, 0.4) is 0 Å². The van der Waals surface area contributed by atoms with E-state index in [-0.39, 0.29) is 5.82 Å². The second-order valence-electron chi connectivity index (χ2n) is 11.3. The summed E-state index contributed by atoms with van der Waals surface area (Å²) >= 11 is 0. The summed E-state index contributed by atoms with van der Waals surface area (Å²) in [6, 6.07) is 34.2. The van der Waals surface area contributed by atoms with Gasteiger partial charge in [-0.1, -0.05) is 78.9 Å². The van der Waals surface area contributed by atoms with Crippen LogP contribution >= 0.6 is 0 Å². The van der Waals surface area contributed by atoms with Gasteiger partial charge in [-0.15, -0.1) is 0 Å².